The SMILES string of the molecule is CCc1nc(N)oc1-c1ccc(F)c(Cl)c1. The van der Waals surface area contributed by atoms with Crippen molar-refractivity contribution < 1.29 is 8.81 Å². The Morgan fingerprint density at radius 3 is 2.88 bits per heavy atom. The van der Waals surface area contributed by atoms with Crippen LogP contribution in [0.2, 0.25) is 5.02 Å². The van der Waals surface area contributed by atoms with E-state index in [1.165, 1.54) is 12.1 Å². The molecule has 2 N–H and O–H groups in total. The van der Waals surface area contributed by atoms with E-state index in [0.29, 0.717) is 17.7 Å². The van der Waals surface area contributed by atoms with Gasteiger partial charge in [-0.1, -0.05) is 18.5 Å². The number of hydrogen-bond acceptors (Lipinski definition) is 3. The van der Waals surface area contributed by atoms with Gasteiger partial charge in [0.15, 0.2) is 5.76 Å². The van der Waals surface area contributed by atoms with Gasteiger partial charge in [-0.2, -0.15) is 4.98 Å². The van der Waals surface area contributed by atoms with Gasteiger partial charge in [-0.05, 0) is 24.6 Å². The minimum absolute atomic E-state index is 0.0505. The third kappa shape index (κ3) is 1.88. The van der Waals surface area contributed by atoms with Gasteiger partial charge in [-0.3, -0.25) is 0 Å². The molecule has 2 aromatic rings. The average molecular weight is 241 g/mol. The van der Waals surface area contributed by atoms with Crippen LogP contribution in [-0.4, -0.2) is 4.98 Å². The van der Waals surface area contributed by atoms with Crippen LogP contribution in [0.4, 0.5) is 10.4 Å². The number of halogens is 2. The maximum Gasteiger partial charge on any atom is 0.292 e. The second-order valence-electron chi connectivity index (χ2n) is 3.31. The van der Waals surface area contributed by atoms with Crippen LogP contribution in [0, 0.1) is 5.82 Å². The second kappa shape index (κ2) is 4.14. The van der Waals surface area contributed by atoms with Crippen LogP contribution in [0.15, 0.2) is 22.6 Å². The third-order valence-corrected chi connectivity index (χ3v) is 2.52. The topological polar surface area (TPSA) is 52.0 Å². The van der Waals surface area contributed by atoms with Gasteiger partial charge in [-0.15, -0.1) is 0 Å². The average Bonchev–Trinajstić information content (AvgIpc) is 2.63. The second-order valence-corrected chi connectivity index (χ2v) is 3.72. The fourth-order valence-electron chi connectivity index (χ4n) is 1.47. The van der Waals surface area contributed by atoms with E-state index in [1.807, 2.05) is 6.92 Å². The van der Waals surface area contributed by atoms with Crippen LogP contribution in [0.25, 0.3) is 11.3 Å². The molecule has 1 aromatic heterocycles. The van der Waals surface area contributed by atoms with E-state index in [-0.39, 0.29) is 11.0 Å². The fourth-order valence-corrected chi connectivity index (χ4v) is 1.65. The quantitative estimate of drug-likeness (QED) is 0.876. The summed E-state index contributed by atoms with van der Waals surface area (Å²) in [5, 5.41) is 0.0505. The highest BCUT2D eigenvalue weighted by Gasteiger charge is 2.13. The largest absolute Gasteiger partial charge is 0.423 e. The highest BCUT2D eigenvalue weighted by Crippen LogP contribution is 2.29. The summed E-state index contributed by atoms with van der Waals surface area (Å²) in [5.74, 6) is 0.0813. The van der Waals surface area contributed by atoms with Crippen LogP contribution < -0.4 is 5.73 Å². The molecule has 0 atom stereocenters. The van der Waals surface area contributed by atoms with Gasteiger partial charge in [0.25, 0.3) is 6.01 Å². The molecule has 0 spiro atoms. The van der Waals surface area contributed by atoms with Gasteiger partial charge in [0.05, 0.1) is 10.7 Å². The Kier molecular flexibility index (Phi) is 2.83. The molecule has 0 radical (unpaired) electrons. The normalized spacial score (nSPS) is 10.7. The molecule has 1 aromatic carbocycles. The monoisotopic (exact) mass is 240 g/mol. The van der Waals surface area contributed by atoms with Gasteiger partial charge in [-0.25, -0.2) is 4.39 Å². The highest BCUT2D eigenvalue weighted by molar-refractivity contribution is 6.31. The lowest BCUT2D eigenvalue weighted by Gasteiger charge is -2.00. The molecule has 0 saturated carbocycles. The number of oxazole rings is 1. The molecule has 5 heteroatoms. The fraction of sp³-hybridized carbons (Fsp3) is 0.182. The number of aryl methyl sites for hydroxylation is 1. The number of nitrogens with two attached hydrogens (primary N) is 1. The van der Waals surface area contributed by atoms with E-state index in [1.54, 1.807) is 6.07 Å². The number of nitrogens with zero attached hydrogens (tertiary/aromatic N) is 1. The van der Waals surface area contributed by atoms with E-state index in [0.717, 1.165) is 5.69 Å². The van der Waals surface area contributed by atoms with Crippen LogP contribution >= 0.6 is 11.6 Å². The van der Waals surface area contributed by atoms with Gasteiger partial charge < -0.3 is 10.2 Å². The van der Waals surface area contributed by atoms with Crippen LogP contribution in [0.3, 0.4) is 0 Å². The molecule has 1 heterocycles. The van der Waals surface area contributed by atoms with E-state index >= 15 is 0 Å². The van der Waals surface area contributed by atoms with E-state index in [2.05, 4.69) is 4.98 Å². The predicted molar refractivity (Wildman–Crippen MR) is 60.7 cm³/mol. The summed E-state index contributed by atoms with van der Waals surface area (Å²) in [6.45, 7) is 1.94. The minimum atomic E-state index is -0.462. The summed E-state index contributed by atoms with van der Waals surface area (Å²) in [7, 11) is 0. The Hall–Kier alpha value is -1.55. The molecule has 84 valence electrons. The van der Waals surface area contributed by atoms with E-state index < -0.39 is 5.82 Å². The first-order valence-electron chi connectivity index (χ1n) is 4.82. The molecule has 0 aliphatic heterocycles. The zero-order chi connectivity index (χ0) is 11.7. The van der Waals surface area contributed by atoms with Crippen molar-refractivity contribution in [1.82, 2.24) is 4.98 Å². The molecule has 0 aliphatic carbocycles. The first kappa shape index (κ1) is 11.0. The van der Waals surface area contributed by atoms with Gasteiger partial charge in [0.1, 0.15) is 5.82 Å². The first-order chi connectivity index (χ1) is 7.61. The lowest BCUT2D eigenvalue weighted by molar-refractivity contribution is 0.592. The number of nitrogen functional groups attached to an aromatic ring is 1. The molecular weight excluding hydrogens is 231 g/mol. The number of rotatable bonds is 2. The maximum absolute atomic E-state index is 13.0. The molecule has 16 heavy (non-hydrogen) atoms. The molecule has 0 amide bonds. The molecule has 0 bridgehead atoms. The smallest absolute Gasteiger partial charge is 0.292 e. The lowest BCUT2D eigenvalue weighted by atomic mass is 10.1. The Balaban J connectivity index is 2.53. The summed E-state index contributed by atoms with van der Waals surface area (Å²) in [6.07, 6.45) is 0.686. The van der Waals surface area contributed by atoms with Gasteiger partial charge in [0.2, 0.25) is 0 Å². The lowest BCUT2D eigenvalue weighted by Crippen LogP contribution is -1.86. The summed E-state index contributed by atoms with van der Waals surface area (Å²) < 4.78 is 18.3. The van der Waals surface area contributed by atoms with E-state index in [4.69, 9.17) is 21.8 Å². The zero-order valence-corrected chi connectivity index (χ0v) is 9.38. The molecule has 2 rings (SSSR count). The van der Waals surface area contributed by atoms with Crippen LogP contribution in [0.1, 0.15) is 12.6 Å². The molecule has 0 saturated heterocycles. The number of aromatic nitrogens is 1. The highest BCUT2D eigenvalue weighted by atomic mass is 35.5. The van der Waals surface area contributed by atoms with Crippen molar-refractivity contribution in [2.24, 2.45) is 0 Å². The number of anilines is 1. The Morgan fingerprint density at radius 2 is 2.25 bits per heavy atom. The van der Waals surface area contributed by atoms with Crippen molar-refractivity contribution in [2.45, 2.75) is 13.3 Å². The van der Waals surface area contributed by atoms with Crippen molar-refractivity contribution in [3.05, 3.63) is 34.7 Å². The Morgan fingerprint density at radius 1 is 1.50 bits per heavy atom. The summed E-state index contributed by atoms with van der Waals surface area (Å²) in [6, 6.07) is 4.47. The van der Waals surface area contributed by atoms with Crippen molar-refractivity contribution in [3.63, 3.8) is 0 Å². The van der Waals surface area contributed by atoms with Gasteiger partial charge >= 0.3 is 0 Å². The molecule has 0 fully saturated rings. The zero-order valence-electron chi connectivity index (χ0n) is 8.63. The molecular formula is C11H10ClFN2O. The number of benzene rings is 1. The van der Waals surface area contributed by atoms with E-state index in [9.17, 15) is 4.39 Å². The molecule has 0 unspecified atom stereocenters. The maximum atomic E-state index is 13.0. The number of hydrogen-bond donors (Lipinski definition) is 1. The molecule has 0 aliphatic rings. The van der Waals surface area contributed by atoms with Crippen molar-refractivity contribution in [1.29, 1.82) is 0 Å². The van der Waals surface area contributed by atoms with Crippen LogP contribution in [0.5, 0.6) is 0 Å². The Bertz CT molecular complexity index is 525. The van der Waals surface area contributed by atoms with Gasteiger partial charge in [0, 0.05) is 5.56 Å². The Labute approximate surface area is 97.0 Å². The summed E-state index contributed by atoms with van der Waals surface area (Å²) >= 11 is 5.70. The van der Waals surface area contributed by atoms with Crippen molar-refractivity contribution >= 4 is 17.6 Å². The third-order valence-electron chi connectivity index (χ3n) is 2.23. The van der Waals surface area contributed by atoms with Crippen molar-refractivity contribution in [3.8, 4) is 11.3 Å². The molecule has 3 nitrogen and oxygen atoms in total. The first-order valence-corrected chi connectivity index (χ1v) is 5.20. The summed E-state index contributed by atoms with van der Waals surface area (Å²) in [4.78, 5) is 4.03. The summed E-state index contributed by atoms with van der Waals surface area (Å²) in [5.41, 5.74) is 6.89. The standard InChI is InChI=1S/C11H10ClFN2O/c1-2-9-10(16-11(14)15-9)6-3-4-8(13)7(12)5-6/h3-5H,2H2,1H3,(H2,14,15). The minimum Gasteiger partial charge on any atom is -0.423 e. The van der Waals surface area contributed by atoms with Crippen molar-refractivity contribution in [2.75, 3.05) is 5.73 Å². The predicted octanol–water partition coefficient (Wildman–Crippen LogP) is 3.28. The van der Waals surface area contributed by atoms with Crippen LogP contribution in [-0.2, 0) is 6.42 Å².